The van der Waals surface area contributed by atoms with Crippen LogP contribution in [-0.4, -0.2) is 23.1 Å². The predicted molar refractivity (Wildman–Crippen MR) is 67.2 cm³/mol. The van der Waals surface area contributed by atoms with Crippen LogP contribution in [0.5, 0.6) is 0 Å². The number of hydrogen-bond donors (Lipinski definition) is 3. The maximum atomic E-state index is 13.4. The van der Waals surface area contributed by atoms with E-state index in [0.29, 0.717) is 25.0 Å². The van der Waals surface area contributed by atoms with E-state index in [2.05, 4.69) is 5.32 Å². The van der Waals surface area contributed by atoms with Gasteiger partial charge < -0.3 is 15.7 Å². The van der Waals surface area contributed by atoms with Crippen LogP contribution < -0.4 is 10.6 Å². The van der Waals surface area contributed by atoms with Crippen LogP contribution in [0.3, 0.4) is 0 Å². The standard InChI is InChI=1S/C13H13F3N2O3/c14-7-4-9(15)11(10(16)5-7)18-13(21)17-8-2-1-6(3-8)12(19)20/h4-6,8H,1-3H2,(H,19,20)(H2,17,18,21)/t6-,8+/m1/s1. The molecule has 2 amide bonds. The van der Waals surface area contributed by atoms with Crippen molar-refractivity contribution in [1.29, 1.82) is 0 Å². The summed E-state index contributed by atoms with van der Waals surface area (Å²) in [7, 11) is 0. The monoisotopic (exact) mass is 302 g/mol. The van der Waals surface area contributed by atoms with Crippen molar-refractivity contribution < 1.29 is 27.9 Å². The zero-order chi connectivity index (χ0) is 15.6. The fourth-order valence-electron chi connectivity index (χ4n) is 2.33. The molecule has 1 aromatic carbocycles. The summed E-state index contributed by atoms with van der Waals surface area (Å²) in [6.45, 7) is 0. The summed E-state index contributed by atoms with van der Waals surface area (Å²) >= 11 is 0. The van der Waals surface area contributed by atoms with Crippen molar-refractivity contribution in [2.24, 2.45) is 5.92 Å². The van der Waals surface area contributed by atoms with Crippen LogP contribution >= 0.6 is 0 Å². The highest BCUT2D eigenvalue weighted by Crippen LogP contribution is 2.26. The van der Waals surface area contributed by atoms with Crippen molar-refractivity contribution >= 4 is 17.7 Å². The van der Waals surface area contributed by atoms with Gasteiger partial charge in [-0.2, -0.15) is 0 Å². The van der Waals surface area contributed by atoms with E-state index in [1.807, 2.05) is 5.32 Å². The number of hydrogen-bond acceptors (Lipinski definition) is 2. The Morgan fingerprint density at radius 3 is 2.29 bits per heavy atom. The number of carbonyl (C=O) groups excluding carboxylic acids is 1. The lowest BCUT2D eigenvalue weighted by Gasteiger charge is -2.14. The van der Waals surface area contributed by atoms with Crippen LogP contribution in [0.4, 0.5) is 23.7 Å². The van der Waals surface area contributed by atoms with E-state index in [0.717, 1.165) is 0 Å². The first-order valence-electron chi connectivity index (χ1n) is 6.31. The van der Waals surface area contributed by atoms with Crippen molar-refractivity contribution in [2.75, 3.05) is 5.32 Å². The zero-order valence-electron chi connectivity index (χ0n) is 10.8. The molecule has 1 saturated carbocycles. The maximum Gasteiger partial charge on any atom is 0.319 e. The minimum absolute atomic E-state index is 0.261. The van der Waals surface area contributed by atoms with Crippen LogP contribution in [0.25, 0.3) is 0 Å². The fourth-order valence-corrected chi connectivity index (χ4v) is 2.33. The van der Waals surface area contributed by atoms with Gasteiger partial charge in [0.2, 0.25) is 0 Å². The number of anilines is 1. The molecule has 1 aliphatic rings. The van der Waals surface area contributed by atoms with E-state index in [9.17, 15) is 22.8 Å². The molecule has 1 fully saturated rings. The van der Waals surface area contributed by atoms with Crippen molar-refractivity contribution in [3.8, 4) is 0 Å². The van der Waals surface area contributed by atoms with Crippen LogP contribution in [0, 0.1) is 23.4 Å². The van der Waals surface area contributed by atoms with Crippen molar-refractivity contribution in [1.82, 2.24) is 5.32 Å². The number of carbonyl (C=O) groups is 2. The summed E-state index contributed by atoms with van der Waals surface area (Å²) in [6, 6.07) is -0.336. The molecule has 1 aromatic rings. The van der Waals surface area contributed by atoms with Gasteiger partial charge >= 0.3 is 12.0 Å². The quantitative estimate of drug-likeness (QED) is 0.802. The first kappa shape index (κ1) is 15.1. The third-order valence-corrected chi connectivity index (χ3v) is 3.36. The second-order valence-electron chi connectivity index (χ2n) is 4.89. The van der Waals surface area contributed by atoms with E-state index in [4.69, 9.17) is 5.11 Å². The van der Waals surface area contributed by atoms with Crippen molar-refractivity contribution in [3.05, 3.63) is 29.6 Å². The molecular weight excluding hydrogens is 289 g/mol. The Morgan fingerprint density at radius 2 is 1.76 bits per heavy atom. The Bertz CT molecular complexity index is 557. The molecule has 0 bridgehead atoms. The van der Waals surface area contributed by atoms with Crippen molar-refractivity contribution in [2.45, 2.75) is 25.3 Å². The average Bonchev–Trinajstić information content (AvgIpc) is 2.82. The largest absolute Gasteiger partial charge is 0.481 e. The number of halogens is 3. The highest BCUT2D eigenvalue weighted by atomic mass is 19.1. The Morgan fingerprint density at radius 1 is 1.14 bits per heavy atom. The molecular formula is C13H13F3N2O3. The molecule has 0 spiro atoms. The average molecular weight is 302 g/mol. The van der Waals surface area contributed by atoms with Gasteiger partial charge in [-0.15, -0.1) is 0 Å². The molecule has 114 valence electrons. The van der Waals surface area contributed by atoms with Gasteiger partial charge in [0, 0.05) is 18.2 Å². The molecule has 0 saturated heterocycles. The number of aliphatic carboxylic acids is 1. The number of carboxylic acid groups (broad SMARTS) is 1. The summed E-state index contributed by atoms with van der Waals surface area (Å²) < 4.78 is 39.4. The molecule has 5 nitrogen and oxygen atoms in total. The predicted octanol–water partition coefficient (Wildman–Crippen LogP) is 2.48. The maximum absolute atomic E-state index is 13.4. The molecule has 0 aliphatic heterocycles. The van der Waals surface area contributed by atoms with Crippen molar-refractivity contribution in [3.63, 3.8) is 0 Å². The van der Waals surface area contributed by atoms with Gasteiger partial charge in [0.05, 0.1) is 5.92 Å². The first-order chi connectivity index (χ1) is 9.86. The number of urea groups is 1. The lowest BCUT2D eigenvalue weighted by molar-refractivity contribution is -0.141. The SMILES string of the molecule is O=C(Nc1c(F)cc(F)cc1F)N[C@H]1CC[C@@H](C(=O)O)C1. The van der Waals surface area contributed by atoms with E-state index < -0.39 is 41.1 Å². The zero-order valence-corrected chi connectivity index (χ0v) is 10.8. The number of amides is 2. The van der Waals surface area contributed by atoms with Crippen LogP contribution in [0.2, 0.25) is 0 Å². The Balaban J connectivity index is 1.96. The van der Waals surface area contributed by atoms with Crippen LogP contribution in [0.1, 0.15) is 19.3 Å². The fraction of sp³-hybridized carbons (Fsp3) is 0.385. The summed E-state index contributed by atoms with van der Waals surface area (Å²) in [6.07, 6.45) is 1.16. The Hall–Kier alpha value is -2.25. The molecule has 0 unspecified atom stereocenters. The number of nitrogens with one attached hydrogen (secondary N) is 2. The lowest BCUT2D eigenvalue weighted by Crippen LogP contribution is -2.37. The van der Waals surface area contributed by atoms with Gasteiger partial charge in [-0.3, -0.25) is 4.79 Å². The minimum Gasteiger partial charge on any atom is -0.481 e. The molecule has 0 aromatic heterocycles. The molecule has 2 rings (SSSR count). The van der Waals surface area contributed by atoms with E-state index >= 15 is 0 Å². The summed E-state index contributed by atoms with van der Waals surface area (Å²) in [5.41, 5.74) is -0.748. The Labute approximate surface area is 118 Å². The number of rotatable bonds is 3. The van der Waals surface area contributed by atoms with Gasteiger partial charge in [-0.25, -0.2) is 18.0 Å². The van der Waals surface area contributed by atoms with E-state index in [1.54, 1.807) is 0 Å². The second-order valence-corrected chi connectivity index (χ2v) is 4.89. The molecule has 21 heavy (non-hydrogen) atoms. The van der Waals surface area contributed by atoms with Gasteiger partial charge in [0.15, 0.2) is 11.6 Å². The summed E-state index contributed by atoms with van der Waals surface area (Å²) in [4.78, 5) is 22.4. The normalized spacial score (nSPS) is 21.1. The lowest BCUT2D eigenvalue weighted by atomic mass is 10.1. The number of benzene rings is 1. The van der Waals surface area contributed by atoms with E-state index in [1.165, 1.54) is 0 Å². The highest BCUT2D eigenvalue weighted by Gasteiger charge is 2.30. The molecule has 1 aliphatic carbocycles. The first-order valence-corrected chi connectivity index (χ1v) is 6.31. The third-order valence-electron chi connectivity index (χ3n) is 3.36. The highest BCUT2D eigenvalue weighted by molar-refractivity contribution is 5.89. The van der Waals surface area contributed by atoms with Crippen LogP contribution in [0.15, 0.2) is 12.1 Å². The van der Waals surface area contributed by atoms with Crippen LogP contribution in [-0.2, 0) is 4.79 Å². The Kier molecular flexibility index (Phi) is 4.35. The second kappa shape index (κ2) is 6.02. The number of carboxylic acids is 1. The van der Waals surface area contributed by atoms with Gasteiger partial charge in [-0.1, -0.05) is 0 Å². The molecule has 0 radical (unpaired) electrons. The molecule has 2 atom stereocenters. The topological polar surface area (TPSA) is 78.4 Å². The summed E-state index contributed by atoms with van der Waals surface area (Å²) in [5.74, 6) is -5.00. The molecule has 0 heterocycles. The molecule has 8 heteroatoms. The summed E-state index contributed by atoms with van der Waals surface area (Å²) in [5, 5.41) is 13.2. The minimum atomic E-state index is -1.22. The third kappa shape index (κ3) is 3.65. The van der Waals surface area contributed by atoms with E-state index in [-0.39, 0.29) is 12.5 Å². The smallest absolute Gasteiger partial charge is 0.319 e. The molecule has 3 N–H and O–H groups in total. The van der Waals surface area contributed by atoms with Gasteiger partial charge in [0.1, 0.15) is 11.5 Å². The van der Waals surface area contributed by atoms with Gasteiger partial charge in [-0.05, 0) is 19.3 Å². The van der Waals surface area contributed by atoms with Gasteiger partial charge in [0.25, 0.3) is 0 Å².